The van der Waals surface area contributed by atoms with Gasteiger partial charge >= 0.3 is 0 Å². The van der Waals surface area contributed by atoms with E-state index in [1.807, 2.05) is 36.9 Å². The van der Waals surface area contributed by atoms with Crippen LogP contribution in [0, 0.1) is 0 Å². The van der Waals surface area contributed by atoms with Gasteiger partial charge in [0, 0.05) is 11.9 Å². The second-order valence-electron chi connectivity index (χ2n) is 4.82. The molecule has 0 atom stereocenters. The Kier molecular flexibility index (Phi) is 5.01. The van der Waals surface area contributed by atoms with Crippen molar-refractivity contribution in [2.75, 3.05) is 12.8 Å². The highest BCUT2D eigenvalue weighted by molar-refractivity contribution is 7.99. The summed E-state index contributed by atoms with van der Waals surface area (Å²) >= 11 is 1.87. The van der Waals surface area contributed by atoms with Crippen molar-refractivity contribution in [3.63, 3.8) is 0 Å². The van der Waals surface area contributed by atoms with E-state index in [1.165, 1.54) is 17.7 Å². The first-order chi connectivity index (χ1) is 9.61. The molecule has 4 heteroatoms. The Morgan fingerprint density at radius 3 is 2.55 bits per heavy atom. The number of thioether (sulfide) groups is 1. The lowest BCUT2D eigenvalue weighted by atomic mass is 10.2. The largest absolute Gasteiger partial charge is 0.298 e. The fraction of sp³-hybridized carbons (Fsp3) is 0.375. The standard InChI is InChI=1S/C16H20N2OS/c1-4-5-10-20-14-8-6-13(7-9-14)11-15-16(19)18(3)12(2)17-15/h6-9,11H,4-5,10H2,1-3H3. The highest BCUT2D eigenvalue weighted by Crippen LogP contribution is 2.22. The molecule has 20 heavy (non-hydrogen) atoms. The maximum atomic E-state index is 11.9. The Morgan fingerprint density at radius 2 is 2.00 bits per heavy atom. The Hall–Kier alpha value is -1.55. The fourth-order valence-corrected chi connectivity index (χ4v) is 2.86. The van der Waals surface area contributed by atoms with Crippen molar-refractivity contribution in [2.24, 2.45) is 4.99 Å². The van der Waals surface area contributed by atoms with Crippen LogP contribution in [0.2, 0.25) is 0 Å². The minimum absolute atomic E-state index is 0.0381. The van der Waals surface area contributed by atoms with Gasteiger partial charge in [-0.2, -0.15) is 0 Å². The van der Waals surface area contributed by atoms with Crippen LogP contribution in [0.1, 0.15) is 32.3 Å². The minimum Gasteiger partial charge on any atom is -0.298 e. The first kappa shape index (κ1) is 14.9. The SMILES string of the molecule is CCCCSc1ccc(C=C2N=C(C)N(C)C2=O)cc1. The van der Waals surface area contributed by atoms with Gasteiger partial charge in [0.15, 0.2) is 0 Å². The zero-order valence-corrected chi connectivity index (χ0v) is 13.0. The molecule has 106 valence electrons. The number of rotatable bonds is 5. The number of carbonyl (C=O) groups is 1. The van der Waals surface area contributed by atoms with Crippen LogP contribution in [-0.4, -0.2) is 29.4 Å². The summed E-state index contributed by atoms with van der Waals surface area (Å²) in [4.78, 5) is 19.0. The second kappa shape index (κ2) is 6.75. The number of amides is 1. The van der Waals surface area contributed by atoms with Gasteiger partial charge in [0.1, 0.15) is 11.5 Å². The summed E-state index contributed by atoms with van der Waals surface area (Å²) in [7, 11) is 1.75. The number of benzene rings is 1. The van der Waals surface area contributed by atoms with Crippen LogP contribution in [0.25, 0.3) is 6.08 Å². The van der Waals surface area contributed by atoms with Gasteiger partial charge in [-0.3, -0.25) is 9.69 Å². The van der Waals surface area contributed by atoms with Crippen LogP contribution in [0.5, 0.6) is 0 Å². The quantitative estimate of drug-likeness (QED) is 0.469. The average molecular weight is 288 g/mol. The Balaban J connectivity index is 2.06. The number of nitrogens with zero attached hydrogens (tertiary/aromatic N) is 2. The van der Waals surface area contributed by atoms with Crippen molar-refractivity contribution in [1.29, 1.82) is 0 Å². The predicted molar refractivity (Wildman–Crippen MR) is 85.9 cm³/mol. The van der Waals surface area contributed by atoms with Gasteiger partial charge in [0.05, 0.1) is 0 Å². The van der Waals surface area contributed by atoms with Crippen molar-refractivity contribution < 1.29 is 4.79 Å². The highest BCUT2D eigenvalue weighted by Gasteiger charge is 2.23. The number of carbonyl (C=O) groups excluding carboxylic acids is 1. The van der Waals surface area contributed by atoms with Gasteiger partial charge in [0.25, 0.3) is 5.91 Å². The summed E-state index contributed by atoms with van der Waals surface area (Å²) in [6, 6.07) is 8.29. The van der Waals surface area contributed by atoms with E-state index in [4.69, 9.17) is 0 Å². The molecule has 2 rings (SSSR count). The van der Waals surface area contributed by atoms with Crippen molar-refractivity contribution in [3.8, 4) is 0 Å². The lowest BCUT2D eigenvalue weighted by Gasteiger charge is -2.06. The maximum Gasteiger partial charge on any atom is 0.277 e. The molecule has 1 aromatic rings. The molecule has 0 saturated heterocycles. The number of amidine groups is 1. The van der Waals surface area contributed by atoms with E-state index in [1.54, 1.807) is 11.9 Å². The Morgan fingerprint density at radius 1 is 1.30 bits per heavy atom. The number of hydrogen-bond donors (Lipinski definition) is 0. The molecule has 0 bridgehead atoms. The molecule has 1 aliphatic heterocycles. The van der Waals surface area contributed by atoms with Crippen molar-refractivity contribution in [1.82, 2.24) is 4.90 Å². The molecule has 1 aromatic carbocycles. The molecule has 0 unspecified atom stereocenters. The lowest BCUT2D eigenvalue weighted by Crippen LogP contribution is -2.25. The van der Waals surface area contributed by atoms with Gasteiger partial charge in [-0.1, -0.05) is 25.5 Å². The zero-order valence-electron chi connectivity index (χ0n) is 12.2. The lowest BCUT2D eigenvalue weighted by molar-refractivity contribution is -0.121. The molecule has 0 aromatic heterocycles. The van der Waals surface area contributed by atoms with Crippen molar-refractivity contribution in [2.45, 2.75) is 31.6 Å². The van der Waals surface area contributed by atoms with E-state index in [0.29, 0.717) is 5.70 Å². The molecular formula is C16H20N2OS. The smallest absolute Gasteiger partial charge is 0.277 e. The van der Waals surface area contributed by atoms with Crippen LogP contribution in [-0.2, 0) is 4.79 Å². The third-order valence-electron chi connectivity index (χ3n) is 3.24. The summed E-state index contributed by atoms with van der Waals surface area (Å²) in [5, 5.41) is 0. The molecule has 1 heterocycles. The van der Waals surface area contributed by atoms with Gasteiger partial charge in [-0.15, -0.1) is 11.8 Å². The van der Waals surface area contributed by atoms with Gasteiger partial charge < -0.3 is 0 Å². The van der Waals surface area contributed by atoms with E-state index >= 15 is 0 Å². The van der Waals surface area contributed by atoms with E-state index in [-0.39, 0.29) is 5.91 Å². The van der Waals surface area contributed by atoms with Gasteiger partial charge in [0.2, 0.25) is 0 Å². The zero-order chi connectivity index (χ0) is 14.5. The summed E-state index contributed by atoms with van der Waals surface area (Å²) in [6.07, 6.45) is 4.31. The molecule has 0 spiro atoms. The van der Waals surface area contributed by atoms with Gasteiger partial charge in [-0.05, 0) is 42.9 Å². The first-order valence-electron chi connectivity index (χ1n) is 6.89. The summed E-state index contributed by atoms with van der Waals surface area (Å²) in [5.74, 6) is 1.86. The van der Waals surface area contributed by atoms with E-state index < -0.39 is 0 Å². The van der Waals surface area contributed by atoms with E-state index in [0.717, 1.165) is 17.2 Å². The second-order valence-corrected chi connectivity index (χ2v) is 5.99. The van der Waals surface area contributed by atoms with Crippen molar-refractivity contribution in [3.05, 3.63) is 35.5 Å². The number of unbranched alkanes of at least 4 members (excludes halogenated alkanes) is 1. The van der Waals surface area contributed by atoms with Crippen LogP contribution in [0.3, 0.4) is 0 Å². The minimum atomic E-state index is -0.0381. The monoisotopic (exact) mass is 288 g/mol. The van der Waals surface area contributed by atoms with Crippen LogP contribution < -0.4 is 0 Å². The Labute approximate surface area is 124 Å². The number of aliphatic imine (C=N–C) groups is 1. The van der Waals surface area contributed by atoms with Gasteiger partial charge in [-0.25, -0.2) is 4.99 Å². The number of likely N-dealkylation sites (N-methyl/N-ethyl adjacent to an activating group) is 1. The highest BCUT2D eigenvalue weighted by atomic mass is 32.2. The molecule has 0 aliphatic carbocycles. The molecule has 0 saturated carbocycles. The molecule has 3 nitrogen and oxygen atoms in total. The molecule has 0 fully saturated rings. The molecule has 1 amide bonds. The summed E-state index contributed by atoms with van der Waals surface area (Å²) in [5.41, 5.74) is 1.52. The summed E-state index contributed by atoms with van der Waals surface area (Å²) < 4.78 is 0. The van der Waals surface area contributed by atoms with Crippen LogP contribution in [0.4, 0.5) is 0 Å². The van der Waals surface area contributed by atoms with E-state index in [9.17, 15) is 4.79 Å². The van der Waals surface area contributed by atoms with Crippen molar-refractivity contribution >= 4 is 29.6 Å². The third-order valence-corrected chi connectivity index (χ3v) is 4.34. The molecule has 0 radical (unpaired) electrons. The molecular weight excluding hydrogens is 268 g/mol. The number of hydrogen-bond acceptors (Lipinski definition) is 3. The van der Waals surface area contributed by atoms with Crippen LogP contribution >= 0.6 is 11.8 Å². The normalized spacial score (nSPS) is 16.9. The molecule has 1 aliphatic rings. The predicted octanol–water partition coefficient (Wildman–Crippen LogP) is 3.81. The fourth-order valence-electron chi connectivity index (χ4n) is 1.86. The summed E-state index contributed by atoms with van der Waals surface area (Å²) in [6.45, 7) is 4.04. The van der Waals surface area contributed by atoms with Crippen LogP contribution in [0.15, 0.2) is 39.9 Å². The first-order valence-corrected chi connectivity index (χ1v) is 7.88. The average Bonchev–Trinajstić information content (AvgIpc) is 2.69. The topological polar surface area (TPSA) is 32.7 Å². The third kappa shape index (κ3) is 3.51. The van der Waals surface area contributed by atoms with E-state index in [2.05, 4.69) is 24.0 Å². The molecule has 0 N–H and O–H groups in total. The Bertz CT molecular complexity index is 546. The maximum absolute atomic E-state index is 11.9.